The maximum absolute atomic E-state index is 12.8. The highest BCUT2D eigenvalue weighted by molar-refractivity contribution is 5.97. The van der Waals surface area contributed by atoms with Crippen LogP contribution in [0.1, 0.15) is 50.4 Å². The lowest BCUT2D eigenvalue weighted by molar-refractivity contribution is -0.134. The van der Waals surface area contributed by atoms with E-state index in [1.54, 1.807) is 0 Å². The summed E-state index contributed by atoms with van der Waals surface area (Å²) in [7, 11) is 0. The third-order valence-electron chi connectivity index (χ3n) is 5.54. The molecule has 2 amide bonds. The van der Waals surface area contributed by atoms with E-state index >= 15 is 0 Å². The molecule has 2 aliphatic heterocycles. The van der Waals surface area contributed by atoms with Crippen LogP contribution in [0.2, 0.25) is 0 Å². The van der Waals surface area contributed by atoms with E-state index in [9.17, 15) is 9.59 Å². The Bertz CT molecular complexity index is 699. The zero-order chi connectivity index (χ0) is 20.9. The van der Waals surface area contributed by atoms with Crippen molar-refractivity contribution in [3.05, 3.63) is 29.8 Å². The van der Waals surface area contributed by atoms with Crippen molar-refractivity contribution in [1.29, 1.82) is 0 Å². The zero-order valence-corrected chi connectivity index (χ0v) is 18.0. The number of hydrogen-bond acceptors (Lipinski definition) is 4. The van der Waals surface area contributed by atoms with Gasteiger partial charge in [0.15, 0.2) is 0 Å². The number of likely N-dealkylation sites (tertiary alicyclic amines) is 1. The average Bonchev–Trinajstić information content (AvgIpc) is 2.72. The highest BCUT2D eigenvalue weighted by Gasteiger charge is 2.27. The molecule has 0 unspecified atom stereocenters. The van der Waals surface area contributed by atoms with Gasteiger partial charge >= 0.3 is 0 Å². The lowest BCUT2D eigenvalue weighted by atomic mass is 9.90. The van der Waals surface area contributed by atoms with Gasteiger partial charge in [-0.15, -0.1) is 0 Å². The molecule has 2 heterocycles. The van der Waals surface area contributed by atoms with E-state index < -0.39 is 0 Å². The largest absolute Gasteiger partial charge is 0.492 e. The number of para-hydroxylation sites is 1. The predicted octanol–water partition coefficient (Wildman–Crippen LogP) is 3.21. The summed E-state index contributed by atoms with van der Waals surface area (Å²) in [5, 5.41) is 0. The van der Waals surface area contributed by atoms with Crippen molar-refractivity contribution < 1.29 is 19.1 Å². The molecule has 0 saturated carbocycles. The molecule has 1 aromatic rings. The second kappa shape index (κ2) is 9.61. The van der Waals surface area contributed by atoms with Gasteiger partial charge in [0.05, 0.1) is 25.4 Å². The second-order valence-electron chi connectivity index (χ2n) is 9.27. The normalized spacial score (nSPS) is 18.6. The fourth-order valence-electron chi connectivity index (χ4n) is 3.83. The van der Waals surface area contributed by atoms with Crippen LogP contribution in [-0.2, 0) is 9.53 Å². The third kappa shape index (κ3) is 6.20. The maximum atomic E-state index is 12.8. The first-order valence-corrected chi connectivity index (χ1v) is 10.7. The lowest BCUT2D eigenvalue weighted by Crippen LogP contribution is -2.41. The minimum Gasteiger partial charge on any atom is -0.492 e. The smallest absolute Gasteiger partial charge is 0.257 e. The Kier molecular flexibility index (Phi) is 7.17. The highest BCUT2D eigenvalue weighted by Crippen LogP contribution is 2.26. The molecule has 3 rings (SSSR count). The number of carbonyl (C=O) groups is 2. The summed E-state index contributed by atoms with van der Waals surface area (Å²) < 4.78 is 11.4. The Balaban J connectivity index is 1.51. The molecule has 29 heavy (non-hydrogen) atoms. The Morgan fingerprint density at radius 3 is 2.34 bits per heavy atom. The quantitative estimate of drug-likeness (QED) is 0.759. The van der Waals surface area contributed by atoms with Gasteiger partial charge in [-0.25, -0.2) is 0 Å². The maximum Gasteiger partial charge on any atom is 0.257 e. The number of nitrogens with zero attached hydrogens (tertiary/aromatic N) is 2. The molecular weight excluding hydrogens is 368 g/mol. The summed E-state index contributed by atoms with van der Waals surface area (Å²) in [6.07, 6.45) is 2.47. The Morgan fingerprint density at radius 2 is 1.69 bits per heavy atom. The fourth-order valence-corrected chi connectivity index (χ4v) is 3.83. The first kappa shape index (κ1) is 21.6. The topological polar surface area (TPSA) is 59.1 Å². The van der Waals surface area contributed by atoms with E-state index in [1.165, 1.54) is 0 Å². The minimum atomic E-state index is 0.00602. The van der Waals surface area contributed by atoms with Gasteiger partial charge < -0.3 is 19.3 Å². The zero-order valence-electron chi connectivity index (χ0n) is 18.0. The Labute approximate surface area is 174 Å². The third-order valence-corrected chi connectivity index (χ3v) is 5.54. The summed E-state index contributed by atoms with van der Waals surface area (Å²) >= 11 is 0. The molecule has 6 nitrogen and oxygen atoms in total. The van der Waals surface area contributed by atoms with Crippen LogP contribution in [0.25, 0.3) is 0 Å². The minimum absolute atomic E-state index is 0.00602. The van der Waals surface area contributed by atoms with Gasteiger partial charge in [0, 0.05) is 32.6 Å². The number of morpholine rings is 1. The standard InChI is InChI=1S/C23H34N2O4/c1-23(2,3)16-21(26)24-10-8-18(9-11-24)17-29-20-7-5-4-6-19(20)22(27)25-12-14-28-15-13-25/h4-7,18H,8-17H2,1-3H3. The summed E-state index contributed by atoms with van der Waals surface area (Å²) in [6.45, 7) is 10.9. The summed E-state index contributed by atoms with van der Waals surface area (Å²) in [5.74, 6) is 1.31. The van der Waals surface area contributed by atoms with Crippen molar-refractivity contribution in [3.63, 3.8) is 0 Å². The molecule has 2 fully saturated rings. The summed E-state index contributed by atoms with van der Waals surface area (Å²) in [4.78, 5) is 29.1. The number of ether oxygens (including phenoxy) is 2. The highest BCUT2D eigenvalue weighted by atomic mass is 16.5. The van der Waals surface area contributed by atoms with E-state index in [0.29, 0.717) is 56.6 Å². The van der Waals surface area contributed by atoms with E-state index in [2.05, 4.69) is 20.8 Å². The number of hydrogen-bond donors (Lipinski definition) is 0. The molecule has 2 aliphatic rings. The molecule has 0 aliphatic carbocycles. The van der Waals surface area contributed by atoms with Crippen LogP contribution in [0.3, 0.4) is 0 Å². The van der Waals surface area contributed by atoms with Crippen molar-refractivity contribution in [2.75, 3.05) is 46.0 Å². The average molecular weight is 403 g/mol. The van der Waals surface area contributed by atoms with Gasteiger partial charge in [0.2, 0.25) is 5.91 Å². The van der Waals surface area contributed by atoms with Crippen LogP contribution >= 0.6 is 0 Å². The van der Waals surface area contributed by atoms with Crippen molar-refractivity contribution in [1.82, 2.24) is 9.80 Å². The first-order valence-electron chi connectivity index (χ1n) is 10.7. The van der Waals surface area contributed by atoms with Gasteiger partial charge in [-0.1, -0.05) is 32.9 Å². The van der Waals surface area contributed by atoms with Crippen LogP contribution in [0.4, 0.5) is 0 Å². The van der Waals surface area contributed by atoms with Crippen LogP contribution < -0.4 is 4.74 Å². The van der Waals surface area contributed by atoms with Gasteiger partial charge in [-0.3, -0.25) is 9.59 Å². The summed E-state index contributed by atoms with van der Waals surface area (Å²) in [6, 6.07) is 7.48. The number of amides is 2. The molecule has 0 N–H and O–H groups in total. The van der Waals surface area contributed by atoms with Gasteiger partial charge in [0.1, 0.15) is 5.75 Å². The van der Waals surface area contributed by atoms with Crippen molar-refractivity contribution in [2.24, 2.45) is 11.3 Å². The van der Waals surface area contributed by atoms with Crippen LogP contribution in [0.5, 0.6) is 5.75 Å². The van der Waals surface area contributed by atoms with E-state index in [0.717, 1.165) is 25.9 Å². The van der Waals surface area contributed by atoms with E-state index in [1.807, 2.05) is 34.1 Å². The first-order chi connectivity index (χ1) is 13.8. The lowest BCUT2D eigenvalue weighted by Gasteiger charge is -2.33. The molecular formula is C23H34N2O4. The monoisotopic (exact) mass is 402 g/mol. The molecule has 2 saturated heterocycles. The van der Waals surface area contributed by atoms with Crippen LogP contribution in [-0.4, -0.2) is 67.6 Å². The van der Waals surface area contributed by atoms with E-state index in [-0.39, 0.29) is 17.2 Å². The SMILES string of the molecule is CC(C)(C)CC(=O)N1CCC(COc2ccccc2C(=O)N2CCOCC2)CC1. The molecule has 0 aromatic heterocycles. The van der Waals surface area contributed by atoms with Crippen LogP contribution in [0, 0.1) is 11.3 Å². The number of piperidine rings is 1. The van der Waals surface area contributed by atoms with E-state index in [4.69, 9.17) is 9.47 Å². The molecule has 160 valence electrons. The number of carbonyl (C=O) groups excluding carboxylic acids is 2. The van der Waals surface area contributed by atoms with Gasteiger partial charge in [-0.05, 0) is 36.3 Å². The second-order valence-corrected chi connectivity index (χ2v) is 9.27. The molecule has 0 bridgehead atoms. The Hall–Kier alpha value is -2.08. The van der Waals surface area contributed by atoms with Crippen molar-refractivity contribution >= 4 is 11.8 Å². The number of benzene rings is 1. The van der Waals surface area contributed by atoms with Crippen molar-refractivity contribution in [2.45, 2.75) is 40.0 Å². The Morgan fingerprint density at radius 1 is 1.03 bits per heavy atom. The van der Waals surface area contributed by atoms with Crippen molar-refractivity contribution in [3.8, 4) is 5.75 Å². The number of rotatable bonds is 5. The predicted molar refractivity (Wildman–Crippen MR) is 112 cm³/mol. The molecule has 6 heteroatoms. The molecule has 0 atom stereocenters. The van der Waals surface area contributed by atoms with Crippen LogP contribution in [0.15, 0.2) is 24.3 Å². The van der Waals surface area contributed by atoms with Gasteiger partial charge in [0.25, 0.3) is 5.91 Å². The molecule has 0 radical (unpaired) electrons. The molecule has 1 aromatic carbocycles. The fraction of sp³-hybridized carbons (Fsp3) is 0.652. The summed E-state index contributed by atoms with van der Waals surface area (Å²) in [5.41, 5.74) is 0.639. The molecule has 0 spiro atoms. The van der Waals surface area contributed by atoms with Gasteiger partial charge in [-0.2, -0.15) is 0 Å².